The number of ether oxygens (including phenoxy) is 1. The molecule has 2 aromatic rings. The first-order valence-corrected chi connectivity index (χ1v) is 11.3. The number of amides is 1. The van der Waals surface area contributed by atoms with Gasteiger partial charge in [0, 0.05) is 36.9 Å². The highest BCUT2D eigenvalue weighted by Crippen LogP contribution is 2.32. The second-order valence-electron chi connectivity index (χ2n) is 6.68. The number of benzene rings is 1. The molecule has 1 aliphatic rings. The number of thiazole rings is 1. The van der Waals surface area contributed by atoms with Gasteiger partial charge >= 0.3 is 0 Å². The van der Waals surface area contributed by atoms with E-state index in [2.05, 4.69) is 28.3 Å². The summed E-state index contributed by atoms with van der Waals surface area (Å²) < 4.78 is 6.12. The van der Waals surface area contributed by atoms with Crippen LogP contribution in [0.4, 0.5) is 5.69 Å². The smallest absolute Gasteiger partial charge is 0.223 e. The average molecular weight is 406 g/mol. The van der Waals surface area contributed by atoms with E-state index >= 15 is 0 Å². The molecule has 1 aromatic carbocycles. The van der Waals surface area contributed by atoms with Crippen molar-refractivity contribution < 1.29 is 9.53 Å². The molecule has 3 rings (SSSR count). The molecule has 0 radical (unpaired) electrons. The molecule has 0 N–H and O–H groups in total. The Kier molecular flexibility index (Phi) is 7.01. The monoisotopic (exact) mass is 405 g/mol. The van der Waals surface area contributed by atoms with Crippen molar-refractivity contribution in [2.24, 2.45) is 0 Å². The molecule has 0 bridgehead atoms. The number of nitrogens with zero attached hydrogens (tertiary/aromatic N) is 3. The fraction of sp³-hybridized carbons (Fsp3) is 0.500. The van der Waals surface area contributed by atoms with E-state index in [0.29, 0.717) is 13.0 Å². The summed E-state index contributed by atoms with van der Waals surface area (Å²) in [4.78, 5) is 21.0. The zero-order valence-electron chi connectivity index (χ0n) is 16.2. The first kappa shape index (κ1) is 20.0. The van der Waals surface area contributed by atoms with Gasteiger partial charge in [0.05, 0.1) is 29.5 Å². The number of carbonyl (C=O) groups is 1. The maximum absolute atomic E-state index is 12.5. The van der Waals surface area contributed by atoms with E-state index in [9.17, 15) is 4.79 Å². The fourth-order valence-electron chi connectivity index (χ4n) is 3.18. The normalized spacial score (nSPS) is 16.0. The number of hydrogen-bond donors (Lipinski definition) is 0. The summed E-state index contributed by atoms with van der Waals surface area (Å²) >= 11 is 3.44. The van der Waals surface area contributed by atoms with Crippen molar-refractivity contribution in [1.82, 2.24) is 9.88 Å². The summed E-state index contributed by atoms with van der Waals surface area (Å²) in [5.74, 6) is 2.76. The van der Waals surface area contributed by atoms with Gasteiger partial charge in [-0.2, -0.15) is 11.8 Å². The first-order chi connectivity index (χ1) is 13.1. The predicted octanol–water partition coefficient (Wildman–Crippen LogP) is 3.82. The number of aromatic nitrogens is 1. The van der Waals surface area contributed by atoms with Crippen LogP contribution in [0.25, 0.3) is 0 Å². The summed E-state index contributed by atoms with van der Waals surface area (Å²) in [6, 6.07) is 8.12. The van der Waals surface area contributed by atoms with Crippen LogP contribution < -0.4 is 9.64 Å². The number of para-hydroxylation sites is 2. The zero-order chi connectivity index (χ0) is 19.2. The maximum Gasteiger partial charge on any atom is 0.223 e. The third kappa shape index (κ3) is 5.39. The number of thioether (sulfide) groups is 1. The molecule has 146 valence electrons. The minimum Gasteiger partial charge on any atom is -0.485 e. The second kappa shape index (κ2) is 9.46. The van der Waals surface area contributed by atoms with Crippen LogP contribution in [0, 0.1) is 6.92 Å². The van der Waals surface area contributed by atoms with Gasteiger partial charge in [0.2, 0.25) is 5.91 Å². The lowest BCUT2D eigenvalue weighted by Crippen LogP contribution is -2.46. The Morgan fingerprint density at radius 1 is 1.44 bits per heavy atom. The summed E-state index contributed by atoms with van der Waals surface area (Å²) in [5, 5.41) is 3.19. The van der Waals surface area contributed by atoms with Crippen molar-refractivity contribution in [3.05, 3.63) is 40.3 Å². The fourth-order valence-corrected chi connectivity index (χ4v) is 4.72. The second-order valence-corrected chi connectivity index (χ2v) is 8.85. The summed E-state index contributed by atoms with van der Waals surface area (Å²) in [7, 11) is 1.87. The molecule has 1 atom stereocenters. The van der Waals surface area contributed by atoms with Crippen LogP contribution >= 0.6 is 23.1 Å². The van der Waals surface area contributed by atoms with Crippen LogP contribution in [0.2, 0.25) is 0 Å². The molecule has 2 heterocycles. The van der Waals surface area contributed by atoms with E-state index in [1.807, 2.05) is 32.2 Å². The third-order valence-corrected chi connectivity index (χ3v) is 6.40. The molecule has 5 nitrogen and oxygen atoms in total. The van der Waals surface area contributed by atoms with E-state index in [0.717, 1.165) is 46.7 Å². The number of aryl methyl sites for hydroxylation is 1. The van der Waals surface area contributed by atoms with E-state index in [4.69, 9.17) is 4.74 Å². The molecule has 0 saturated carbocycles. The van der Waals surface area contributed by atoms with Crippen LogP contribution in [0.1, 0.15) is 24.0 Å². The SMILES string of the molecule is CCN1C[C@@H](CN(C)C(=O)CCSCc2csc(C)n2)Oc2ccccc21. The van der Waals surface area contributed by atoms with Crippen LogP contribution in [-0.2, 0) is 10.5 Å². The molecule has 0 saturated heterocycles. The molecule has 1 aliphatic heterocycles. The molecule has 7 heteroatoms. The van der Waals surface area contributed by atoms with Crippen molar-refractivity contribution in [2.45, 2.75) is 32.1 Å². The van der Waals surface area contributed by atoms with Crippen molar-refractivity contribution in [2.75, 3.05) is 37.3 Å². The minimum absolute atomic E-state index is 0.000523. The van der Waals surface area contributed by atoms with E-state index in [1.165, 1.54) is 0 Å². The Morgan fingerprint density at radius 2 is 2.26 bits per heavy atom. The van der Waals surface area contributed by atoms with Gasteiger partial charge in [-0.25, -0.2) is 4.98 Å². The van der Waals surface area contributed by atoms with Gasteiger partial charge in [0.25, 0.3) is 0 Å². The predicted molar refractivity (Wildman–Crippen MR) is 114 cm³/mol. The summed E-state index contributed by atoms with van der Waals surface area (Å²) in [5.41, 5.74) is 2.25. The van der Waals surface area contributed by atoms with Gasteiger partial charge in [0.1, 0.15) is 11.9 Å². The topological polar surface area (TPSA) is 45.7 Å². The van der Waals surface area contributed by atoms with E-state index < -0.39 is 0 Å². The Bertz CT molecular complexity index is 765. The molecule has 27 heavy (non-hydrogen) atoms. The molecule has 0 spiro atoms. The van der Waals surface area contributed by atoms with Gasteiger partial charge in [-0.15, -0.1) is 11.3 Å². The molecule has 0 aliphatic carbocycles. The number of fused-ring (bicyclic) bond motifs is 1. The van der Waals surface area contributed by atoms with Gasteiger partial charge in [-0.1, -0.05) is 12.1 Å². The molecule has 0 fully saturated rings. The largest absolute Gasteiger partial charge is 0.485 e. The highest BCUT2D eigenvalue weighted by atomic mass is 32.2. The number of hydrogen-bond acceptors (Lipinski definition) is 6. The Hall–Kier alpha value is -1.73. The van der Waals surface area contributed by atoms with Crippen LogP contribution in [-0.4, -0.2) is 54.3 Å². The Balaban J connectivity index is 1.44. The van der Waals surface area contributed by atoms with Crippen molar-refractivity contribution in [3.63, 3.8) is 0 Å². The van der Waals surface area contributed by atoms with E-state index in [1.54, 1.807) is 28.0 Å². The molecule has 1 amide bonds. The van der Waals surface area contributed by atoms with Crippen LogP contribution in [0.3, 0.4) is 0 Å². The lowest BCUT2D eigenvalue weighted by atomic mass is 10.2. The first-order valence-electron chi connectivity index (χ1n) is 9.30. The maximum atomic E-state index is 12.5. The van der Waals surface area contributed by atoms with Gasteiger partial charge in [0.15, 0.2) is 0 Å². The standard InChI is InChI=1S/C20H27N3O2S2/c1-4-23-12-17(25-19-8-6-5-7-18(19)23)11-22(3)20(24)9-10-26-13-16-14-27-15(2)21-16/h5-8,14,17H,4,9-13H2,1-3H3/t17-/m1/s1. The zero-order valence-corrected chi connectivity index (χ0v) is 17.8. The number of carbonyl (C=O) groups excluding carboxylic acids is 1. The quantitative estimate of drug-likeness (QED) is 0.625. The van der Waals surface area contributed by atoms with Gasteiger partial charge < -0.3 is 14.5 Å². The molecule has 1 aromatic heterocycles. The van der Waals surface area contributed by atoms with Crippen LogP contribution in [0.5, 0.6) is 5.75 Å². The lowest BCUT2D eigenvalue weighted by molar-refractivity contribution is -0.130. The molecule has 0 unspecified atom stereocenters. The summed E-state index contributed by atoms with van der Waals surface area (Å²) in [6.07, 6.45) is 0.546. The Morgan fingerprint density at radius 3 is 3.00 bits per heavy atom. The number of rotatable bonds is 8. The number of likely N-dealkylation sites (N-methyl/N-ethyl adjacent to an activating group) is 2. The minimum atomic E-state index is -0.000523. The van der Waals surface area contributed by atoms with Crippen molar-refractivity contribution in [1.29, 1.82) is 0 Å². The highest BCUT2D eigenvalue weighted by molar-refractivity contribution is 7.98. The third-order valence-electron chi connectivity index (χ3n) is 4.59. The molecular formula is C20H27N3O2S2. The van der Waals surface area contributed by atoms with Gasteiger partial charge in [-0.3, -0.25) is 4.79 Å². The average Bonchev–Trinajstić information content (AvgIpc) is 3.09. The number of anilines is 1. The van der Waals surface area contributed by atoms with E-state index in [-0.39, 0.29) is 12.0 Å². The Labute approximate surface area is 169 Å². The van der Waals surface area contributed by atoms with Gasteiger partial charge in [-0.05, 0) is 26.0 Å². The lowest BCUT2D eigenvalue weighted by Gasteiger charge is -2.37. The van der Waals surface area contributed by atoms with Crippen molar-refractivity contribution >= 4 is 34.7 Å². The molecular weight excluding hydrogens is 378 g/mol. The van der Waals surface area contributed by atoms with Crippen molar-refractivity contribution in [3.8, 4) is 5.75 Å². The summed E-state index contributed by atoms with van der Waals surface area (Å²) in [6.45, 7) is 6.52. The van der Waals surface area contributed by atoms with Crippen LogP contribution in [0.15, 0.2) is 29.6 Å². The highest BCUT2D eigenvalue weighted by Gasteiger charge is 2.26.